The number of fused-ring (bicyclic) bond motifs is 1. The monoisotopic (exact) mass is 395 g/mol. The lowest BCUT2D eigenvalue weighted by Crippen LogP contribution is -2.62. The Bertz CT molecular complexity index is 784. The van der Waals surface area contributed by atoms with Crippen LogP contribution in [0.25, 0.3) is 0 Å². The normalized spacial score (nSPS) is 26.4. The summed E-state index contributed by atoms with van der Waals surface area (Å²) in [5.41, 5.74) is 1.55. The largest absolute Gasteiger partial charge is 0.456 e. The zero-order valence-electron chi connectivity index (χ0n) is 15.8. The number of halogens is 1. The van der Waals surface area contributed by atoms with Crippen LogP contribution in [-0.2, 0) is 39.8 Å². The minimum atomic E-state index is -1.06. The van der Waals surface area contributed by atoms with Gasteiger partial charge >= 0.3 is 17.9 Å². The van der Waals surface area contributed by atoms with Gasteiger partial charge in [-0.05, 0) is 24.1 Å². The summed E-state index contributed by atoms with van der Waals surface area (Å²) in [7, 11) is 0. The summed E-state index contributed by atoms with van der Waals surface area (Å²) in [6.07, 6.45) is -3.22. The van der Waals surface area contributed by atoms with Crippen molar-refractivity contribution in [3.05, 3.63) is 29.6 Å². The molecule has 0 aliphatic carbocycles. The van der Waals surface area contributed by atoms with Gasteiger partial charge in [-0.3, -0.25) is 14.4 Å². The second-order valence-electron chi connectivity index (χ2n) is 6.74. The van der Waals surface area contributed by atoms with E-state index in [4.69, 9.17) is 18.9 Å². The van der Waals surface area contributed by atoms with Gasteiger partial charge in [0.25, 0.3) is 0 Å². The quantitative estimate of drug-likeness (QED) is 0.557. The van der Waals surface area contributed by atoms with Crippen molar-refractivity contribution < 1.29 is 37.7 Å². The first-order chi connectivity index (χ1) is 13.3. The predicted molar refractivity (Wildman–Crippen MR) is 93.9 cm³/mol. The van der Waals surface area contributed by atoms with E-state index in [0.717, 1.165) is 5.56 Å². The van der Waals surface area contributed by atoms with Gasteiger partial charge in [0.05, 0.1) is 6.61 Å². The van der Waals surface area contributed by atoms with Gasteiger partial charge < -0.3 is 23.8 Å². The van der Waals surface area contributed by atoms with Crippen molar-refractivity contribution in [1.82, 2.24) is 0 Å². The Morgan fingerprint density at radius 1 is 1.04 bits per heavy atom. The van der Waals surface area contributed by atoms with E-state index in [-0.39, 0.29) is 6.61 Å². The molecular formula is C19H22FNO7. The Morgan fingerprint density at radius 3 is 2.32 bits per heavy atom. The second kappa shape index (κ2) is 8.14. The molecule has 1 aromatic carbocycles. The molecule has 4 atom stereocenters. The van der Waals surface area contributed by atoms with Crippen LogP contribution >= 0.6 is 0 Å². The smallest absolute Gasteiger partial charge is 0.303 e. The van der Waals surface area contributed by atoms with Crippen molar-refractivity contribution in [2.75, 3.05) is 18.1 Å². The number of hydrogen-bond acceptors (Lipinski definition) is 8. The van der Waals surface area contributed by atoms with Gasteiger partial charge in [0, 0.05) is 33.0 Å². The summed E-state index contributed by atoms with van der Waals surface area (Å²) in [4.78, 5) is 36.6. The van der Waals surface area contributed by atoms with Crippen molar-refractivity contribution >= 4 is 23.6 Å². The fourth-order valence-electron chi connectivity index (χ4n) is 3.63. The van der Waals surface area contributed by atoms with Gasteiger partial charge in [-0.25, -0.2) is 4.39 Å². The first-order valence-electron chi connectivity index (χ1n) is 8.94. The SMILES string of the molecule is CC(=O)O[C@@H]1[C@@H](OC(C)=O)[C@H](OC(C)=O)CO[C@H]1N1CCc2ccc(F)cc21. The molecular weight excluding hydrogens is 373 g/mol. The van der Waals surface area contributed by atoms with Crippen LogP contribution in [0.3, 0.4) is 0 Å². The molecule has 2 aliphatic rings. The van der Waals surface area contributed by atoms with Crippen molar-refractivity contribution in [1.29, 1.82) is 0 Å². The van der Waals surface area contributed by atoms with E-state index in [1.54, 1.807) is 11.0 Å². The van der Waals surface area contributed by atoms with Crippen LogP contribution in [0, 0.1) is 5.82 Å². The molecule has 3 rings (SSSR count). The summed E-state index contributed by atoms with van der Waals surface area (Å²) in [6.45, 7) is 4.08. The van der Waals surface area contributed by atoms with Crippen LogP contribution in [0.1, 0.15) is 26.3 Å². The number of anilines is 1. The molecule has 0 spiro atoms. The average molecular weight is 395 g/mol. The molecule has 0 bridgehead atoms. The van der Waals surface area contributed by atoms with Crippen LogP contribution in [-0.4, -0.2) is 55.6 Å². The molecule has 152 valence electrons. The van der Waals surface area contributed by atoms with Crippen LogP contribution in [0.2, 0.25) is 0 Å². The topological polar surface area (TPSA) is 91.4 Å². The molecule has 9 heteroatoms. The lowest BCUT2D eigenvalue weighted by molar-refractivity contribution is -0.225. The van der Waals surface area contributed by atoms with Crippen LogP contribution < -0.4 is 4.90 Å². The fraction of sp³-hybridized carbons (Fsp3) is 0.526. The first kappa shape index (κ1) is 20.1. The number of esters is 3. The van der Waals surface area contributed by atoms with E-state index in [1.807, 2.05) is 0 Å². The molecule has 0 saturated carbocycles. The summed E-state index contributed by atoms with van der Waals surface area (Å²) in [5, 5.41) is 0. The lowest BCUT2D eigenvalue weighted by atomic mass is 10.0. The Balaban J connectivity index is 1.94. The number of ether oxygens (including phenoxy) is 4. The molecule has 0 N–H and O–H groups in total. The first-order valence-corrected chi connectivity index (χ1v) is 8.94. The van der Waals surface area contributed by atoms with Gasteiger partial charge in [0.2, 0.25) is 0 Å². The summed E-state index contributed by atoms with van der Waals surface area (Å²) in [6, 6.07) is 4.46. The zero-order valence-corrected chi connectivity index (χ0v) is 15.8. The molecule has 1 fully saturated rings. The minimum Gasteiger partial charge on any atom is -0.456 e. The van der Waals surface area contributed by atoms with Crippen molar-refractivity contribution in [3.63, 3.8) is 0 Å². The summed E-state index contributed by atoms with van der Waals surface area (Å²) >= 11 is 0. The van der Waals surface area contributed by atoms with E-state index in [0.29, 0.717) is 18.7 Å². The van der Waals surface area contributed by atoms with Gasteiger partial charge in [-0.1, -0.05) is 6.07 Å². The molecule has 8 nitrogen and oxygen atoms in total. The van der Waals surface area contributed by atoms with Crippen LogP contribution in [0.15, 0.2) is 18.2 Å². The second-order valence-corrected chi connectivity index (χ2v) is 6.74. The highest BCUT2D eigenvalue weighted by Gasteiger charge is 2.49. The lowest BCUT2D eigenvalue weighted by Gasteiger charge is -2.44. The van der Waals surface area contributed by atoms with E-state index < -0.39 is 48.3 Å². The Labute approximate surface area is 161 Å². The Morgan fingerprint density at radius 2 is 1.68 bits per heavy atom. The van der Waals surface area contributed by atoms with Gasteiger partial charge in [0.1, 0.15) is 5.82 Å². The molecule has 0 amide bonds. The number of nitrogens with zero attached hydrogens (tertiary/aromatic N) is 1. The van der Waals surface area contributed by atoms with E-state index >= 15 is 0 Å². The maximum Gasteiger partial charge on any atom is 0.303 e. The highest BCUT2D eigenvalue weighted by molar-refractivity contribution is 5.69. The predicted octanol–water partition coefficient (Wildman–Crippen LogP) is 1.34. The van der Waals surface area contributed by atoms with E-state index in [1.165, 1.54) is 32.9 Å². The minimum absolute atomic E-state index is 0.0683. The van der Waals surface area contributed by atoms with Gasteiger partial charge in [0.15, 0.2) is 24.5 Å². The highest BCUT2D eigenvalue weighted by Crippen LogP contribution is 2.35. The molecule has 1 aromatic rings. The number of rotatable bonds is 4. The molecule has 0 aromatic heterocycles. The van der Waals surface area contributed by atoms with E-state index in [9.17, 15) is 18.8 Å². The molecule has 0 unspecified atom stereocenters. The maximum atomic E-state index is 13.8. The molecule has 2 aliphatic heterocycles. The summed E-state index contributed by atoms with van der Waals surface area (Å²) < 4.78 is 35.6. The van der Waals surface area contributed by atoms with Gasteiger partial charge in [-0.2, -0.15) is 0 Å². The highest BCUT2D eigenvalue weighted by atomic mass is 19.1. The molecule has 2 heterocycles. The number of hydrogen-bond donors (Lipinski definition) is 0. The third-order valence-electron chi connectivity index (χ3n) is 4.61. The van der Waals surface area contributed by atoms with Crippen molar-refractivity contribution in [2.45, 2.75) is 51.7 Å². The Kier molecular flexibility index (Phi) is 5.83. The van der Waals surface area contributed by atoms with Crippen molar-refractivity contribution in [2.24, 2.45) is 0 Å². The standard InChI is InChI=1S/C19H22FNO7/c1-10(22)26-16-9-25-19(18(28-12(3)24)17(16)27-11(2)23)21-7-6-13-4-5-14(20)8-15(13)21/h4-5,8,16-19H,6-7,9H2,1-3H3/t16-,17+,18-,19-/m1/s1. The van der Waals surface area contributed by atoms with Gasteiger partial charge in [-0.15, -0.1) is 0 Å². The van der Waals surface area contributed by atoms with Crippen LogP contribution in [0.4, 0.5) is 10.1 Å². The molecule has 1 saturated heterocycles. The number of carbonyl (C=O) groups is 3. The fourth-order valence-corrected chi connectivity index (χ4v) is 3.63. The van der Waals surface area contributed by atoms with Crippen LogP contribution in [0.5, 0.6) is 0 Å². The molecule has 0 radical (unpaired) electrons. The third kappa shape index (κ3) is 4.24. The molecule has 28 heavy (non-hydrogen) atoms. The third-order valence-corrected chi connectivity index (χ3v) is 4.61. The number of carbonyl (C=O) groups excluding carboxylic acids is 3. The average Bonchev–Trinajstić information content (AvgIpc) is 2.99. The van der Waals surface area contributed by atoms with Crippen molar-refractivity contribution in [3.8, 4) is 0 Å². The summed E-state index contributed by atoms with van der Waals surface area (Å²) in [5.74, 6) is -2.22. The van der Waals surface area contributed by atoms with E-state index in [2.05, 4.69) is 0 Å². The zero-order chi connectivity index (χ0) is 20.4. The maximum absolute atomic E-state index is 13.8. The number of benzene rings is 1. The Hall–Kier alpha value is -2.68.